The predicted octanol–water partition coefficient (Wildman–Crippen LogP) is 1.47. The van der Waals surface area contributed by atoms with Gasteiger partial charge in [0.1, 0.15) is 11.6 Å². The van der Waals surface area contributed by atoms with Crippen molar-refractivity contribution in [2.45, 2.75) is 19.0 Å². The summed E-state index contributed by atoms with van der Waals surface area (Å²) in [5.41, 5.74) is 2.53. The van der Waals surface area contributed by atoms with Crippen molar-refractivity contribution < 1.29 is 0 Å². The lowest BCUT2D eigenvalue weighted by atomic mass is 10.2. The van der Waals surface area contributed by atoms with E-state index in [4.69, 9.17) is 11.1 Å². The topological polar surface area (TPSA) is 90.9 Å². The summed E-state index contributed by atoms with van der Waals surface area (Å²) in [6.07, 6.45) is 1.91. The normalized spacial score (nSPS) is 11.7. The number of nitriles is 1. The van der Waals surface area contributed by atoms with E-state index in [1.54, 1.807) is 6.07 Å². The SMILES string of the molecule is CCN(CC(C)C#N)c1cc(NN)nc(SC)n1. The number of hydrogen-bond donors (Lipinski definition) is 2. The molecule has 1 rings (SSSR count). The van der Waals surface area contributed by atoms with Gasteiger partial charge in [-0.2, -0.15) is 5.26 Å². The van der Waals surface area contributed by atoms with Crippen LogP contribution in [-0.4, -0.2) is 29.3 Å². The molecule has 0 aromatic carbocycles. The Morgan fingerprint density at radius 3 is 2.83 bits per heavy atom. The molecule has 1 atom stereocenters. The van der Waals surface area contributed by atoms with E-state index in [0.717, 1.165) is 12.4 Å². The lowest BCUT2D eigenvalue weighted by molar-refractivity contribution is 0.674. The third kappa shape index (κ3) is 3.75. The summed E-state index contributed by atoms with van der Waals surface area (Å²) in [5, 5.41) is 9.54. The minimum atomic E-state index is -0.0491. The number of thioether (sulfide) groups is 1. The number of hydrazine groups is 1. The molecule has 0 saturated heterocycles. The maximum absolute atomic E-state index is 8.88. The second-order valence-electron chi connectivity index (χ2n) is 3.81. The van der Waals surface area contributed by atoms with Crippen LogP contribution in [0.4, 0.5) is 11.6 Å². The van der Waals surface area contributed by atoms with E-state index >= 15 is 0 Å². The third-order valence-electron chi connectivity index (χ3n) is 2.44. The van der Waals surface area contributed by atoms with Crippen LogP contribution in [0.3, 0.4) is 0 Å². The Kier molecular flexibility index (Phi) is 5.68. The zero-order valence-electron chi connectivity index (χ0n) is 10.8. The average molecular weight is 266 g/mol. The fraction of sp³-hybridized carbons (Fsp3) is 0.545. The lowest BCUT2D eigenvalue weighted by Gasteiger charge is -2.23. The third-order valence-corrected chi connectivity index (χ3v) is 2.99. The second kappa shape index (κ2) is 7.03. The molecular formula is C11H18N6S. The molecule has 1 aromatic heterocycles. The van der Waals surface area contributed by atoms with Crippen molar-refractivity contribution in [3.05, 3.63) is 6.07 Å². The van der Waals surface area contributed by atoms with Crippen LogP contribution in [0.15, 0.2) is 11.2 Å². The van der Waals surface area contributed by atoms with Gasteiger partial charge in [-0.25, -0.2) is 15.8 Å². The molecule has 7 heteroatoms. The first-order valence-corrected chi connectivity index (χ1v) is 6.91. The standard InChI is InChI=1S/C11H18N6S/c1-4-17(7-8(2)6-12)10-5-9(16-13)14-11(15-10)18-3/h5,8H,4,7,13H2,1-3H3,(H,14,15,16). The van der Waals surface area contributed by atoms with E-state index in [-0.39, 0.29) is 5.92 Å². The molecule has 1 unspecified atom stereocenters. The van der Waals surface area contributed by atoms with Crippen LogP contribution in [0, 0.1) is 17.2 Å². The number of hydrogen-bond acceptors (Lipinski definition) is 7. The number of rotatable bonds is 6. The Bertz CT molecular complexity index is 408. The Hall–Kier alpha value is -1.52. The van der Waals surface area contributed by atoms with Gasteiger partial charge in [-0.1, -0.05) is 11.8 Å². The largest absolute Gasteiger partial charge is 0.355 e. The molecule has 18 heavy (non-hydrogen) atoms. The van der Waals surface area contributed by atoms with Gasteiger partial charge in [0.2, 0.25) is 0 Å². The van der Waals surface area contributed by atoms with Gasteiger partial charge in [0.05, 0.1) is 12.0 Å². The van der Waals surface area contributed by atoms with E-state index in [1.807, 2.05) is 25.0 Å². The smallest absolute Gasteiger partial charge is 0.191 e. The summed E-state index contributed by atoms with van der Waals surface area (Å²) in [5.74, 6) is 6.70. The fourth-order valence-electron chi connectivity index (χ4n) is 1.50. The van der Waals surface area contributed by atoms with Gasteiger partial charge < -0.3 is 10.3 Å². The predicted molar refractivity (Wildman–Crippen MR) is 74.3 cm³/mol. The molecule has 0 aliphatic carbocycles. The molecule has 0 aliphatic rings. The van der Waals surface area contributed by atoms with Crippen molar-refractivity contribution in [3.63, 3.8) is 0 Å². The van der Waals surface area contributed by atoms with Gasteiger partial charge in [0, 0.05) is 19.2 Å². The van der Waals surface area contributed by atoms with Gasteiger partial charge >= 0.3 is 0 Å². The summed E-state index contributed by atoms with van der Waals surface area (Å²) in [6, 6.07) is 4.01. The fourth-order valence-corrected chi connectivity index (χ4v) is 1.87. The van der Waals surface area contributed by atoms with Crippen molar-refractivity contribution in [1.82, 2.24) is 9.97 Å². The zero-order chi connectivity index (χ0) is 13.5. The quantitative estimate of drug-likeness (QED) is 0.348. The van der Waals surface area contributed by atoms with Gasteiger partial charge in [-0.3, -0.25) is 0 Å². The van der Waals surface area contributed by atoms with Crippen molar-refractivity contribution >= 4 is 23.4 Å². The van der Waals surface area contributed by atoms with E-state index < -0.39 is 0 Å². The molecule has 0 bridgehead atoms. The second-order valence-corrected chi connectivity index (χ2v) is 4.58. The van der Waals surface area contributed by atoms with Crippen LogP contribution in [0.1, 0.15) is 13.8 Å². The number of nitrogens with two attached hydrogens (primary N) is 1. The van der Waals surface area contributed by atoms with Crippen LogP contribution in [0.25, 0.3) is 0 Å². The monoisotopic (exact) mass is 266 g/mol. The molecule has 0 amide bonds. The first-order chi connectivity index (χ1) is 8.64. The van der Waals surface area contributed by atoms with Crippen molar-refractivity contribution in [3.8, 4) is 6.07 Å². The number of nitrogens with zero attached hydrogens (tertiary/aromatic N) is 4. The number of nitrogen functional groups attached to an aromatic ring is 1. The molecule has 6 nitrogen and oxygen atoms in total. The molecule has 98 valence electrons. The van der Waals surface area contributed by atoms with Crippen molar-refractivity contribution in [1.29, 1.82) is 5.26 Å². The van der Waals surface area contributed by atoms with Crippen LogP contribution < -0.4 is 16.2 Å². The van der Waals surface area contributed by atoms with Crippen LogP contribution in [0.5, 0.6) is 0 Å². The Labute approximate surface area is 112 Å². The first kappa shape index (κ1) is 14.5. The van der Waals surface area contributed by atoms with Gasteiger partial charge in [-0.15, -0.1) is 0 Å². The molecule has 1 heterocycles. The molecule has 1 aromatic rings. The molecule has 0 radical (unpaired) electrons. The minimum Gasteiger partial charge on any atom is -0.355 e. The maximum atomic E-state index is 8.88. The minimum absolute atomic E-state index is 0.0491. The molecule has 0 spiro atoms. The molecule has 0 fully saturated rings. The summed E-state index contributed by atoms with van der Waals surface area (Å²) in [6.45, 7) is 5.34. The molecular weight excluding hydrogens is 248 g/mol. The highest BCUT2D eigenvalue weighted by atomic mass is 32.2. The van der Waals surface area contributed by atoms with E-state index in [2.05, 4.69) is 21.5 Å². The number of nitrogens with one attached hydrogen (secondary N) is 1. The highest BCUT2D eigenvalue weighted by molar-refractivity contribution is 7.98. The molecule has 3 N–H and O–H groups in total. The number of anilines is 2. The summed E-state index contributed by atoms with van der Waals surface area (Å²) in [7, 11) is 0. The Morgan fingerprint density at radius 1 is 1.61 bits per heavy atom. The van der Waals surface area contributed by atoms with Gasteiger partial charge in [0.25, 0.3) is 0 Å². The summed E-state index contributed by atoms with van der Waals surface area (Å²) < 4.78 is 0. The highest BCUT2D eigenvalue weighted by Gasteiger charge is 2.12. The Morgan fingerprint density at radius 2 is 2.33 bits per heavy atom. The van der Waals surface area contributed by atoms with Crippen LogP contribution in [-0.2, 0) is 0 Å². The van der Waals surface area contributed by atoms with Crippen molar-refractivity contribution in [2.75, 3.05) is 29.7 Å². The average Bonchev–Trinajstić information content (AvgIpc) is 2.43. The molecule has 0 aliphatic heterocycles. The van der Waals surface area contributed by atoms with Crippen LogP contribution in [0.2, 0.25) is 0 Å². The molecule has 0 saturated carbocycles. The highest BCUT2D eigenvalue weighted by Crippen LogP contribution is 2.20. The van der Waals surface area contributed by atoms with Gasteiger partial charge in [-0.05, 0) is 20.1 Å². The summed E-state index contributed by atoms with van der Waals surface area (Å²) in [4.78, 5) is 10.7. The van der Waals surface area contributed by atoms with E-state index in [9.17, 15) is 0 Å². The summed E-state index contributed by atoms with van der Waals surface area (Å²) >= 11 is 1.46. The van der Waals surface area contributed by atoms with Crippen molar-refractivity contribution in [2.24, 2.45) is 11.8 Å². The Balaban J connectivity index is 3.01. The lowest BCUT2D eigenvalue weighted by Crippen LogP contribution is -2.29. The first-order valence-electron chi connectivity index (χ1n) is 5.68. The maximum Gasteiger partial charge on any atom is 0.191 e. The zero-order valence-corrected chi connectivity index (χ0v) is 11.7. The van der Waals surface area contributed by atoms with Gasteiger partial charge in [0.15, 0.2) is 5.16 Å². The number of aromatic nitrogens is 2. The van der Waals surface area contributed by atoms with Crippen LogP contribution >= 0.6 is 11.8 Å². The van der Waals surface area contributed by atoms with E-state index in [0.29, 0.717) is 17.5 Å². The van der Waals surface area contributed by atoms with E-state index in [1.165, 1.54) is 11.8 Å².